The maximum absolute atomic E-state index is 10.9. The number of likely N-dealkylation sites (N-methyl/N-ethyl adjacent to an activating group) is 1. The van der Waals surface area contributed by atoms with Crippen molar-refractivity contribution in [1.82, 2.24) is 15.1 Å². The zero-order chi connectivity index (χ0) is 13.0. The number of amides is 1. The quantitative estimate of drug-likeness (QED) is 0.718. The molecular weight excluding hydrogens is 228 g/mol. The first kappa shape index (κ1) is 13.8. The van der Waals surface area contributed by atoms with Crippen LogP contribution in [0.25, 0.3) is 0 Å². The van der Waals surface area contributed by atoms with E-state index in [1.54, 1.807) is 0 Å². The minimum atomic E-state index is -0.213. The van der Waals surface area contributed by atoms with Crippen LogP contribution in [0.1, 0.15) is 25.7 Å². The number of nitrogens with one attached hydrogen (secondary N) is 1. The van der Waals surface area contributed by atoms with Gasteiger partial charge in [-0.25, -0.2) is 0 Å². The number of nitrogens with zero attached hydrogens (tertiary/aromatic N) is 2. The third-order valence-electron chi connectivity index (χ3n) is 4.06. The zero-order valence-corrected chi connectivity index (χ0v) is 11.4. The molecule has 5 nitrogen and oxygen atoms in total. The molecule has 104 valence electrons. The molecule has 0 aromatic heterocycles. The second-order valence-electron chi connectivity index (χ2n) is 5.78. The first-order valence-corrected chi connectivity index (χ1v) is 7.09. The fraction of sp³-hybridized carbons (Fsp3) is 0.923. The summed E-state index contributed by atoms with van der Waals surface area (Å²) in [6.07, 6.45) is 4.86. The second kappa shape index (κ2) is 6.50. The first-order chi connectivity index (χ1) is 8.63. The summed E-state index contributed by atoms with van der Waals surface area (Å²) in [5.41, 5.74) is 5.22. The average Bonchev–Trinajstić information content (AvgIpc) is 2.31. The second-order valence-corrected chi connectivity index (χ2v) is 5.78. The van der Waals surface area contributed by atoms with Gasteiger partial charge in [-0.2, -0.15) is 0 Å². The molecule has 2 saturated heterocycles. The van der Waals surface area contributed by atoms with E-state index in [9.17, 15) is 4.79 Å². The van der Waals surface area contributed by atoms with Crippen molar-refractivity contribution >= 4 is 5.91 Å². The number of likely N-dealkylation sites (tertiary alicyclic amines) is 2. The van der Waals surface area contributed by atoms with Crippen LogP contribution in [0.3, 0.4) is 0 Å². The third kappa shape index (κ3) is 4.23. The molecule has 2 aliphatic heterocycles. The van der Waals surface area contributed by atoms with Gasteiger partial charge in [0, 0.05) is 31.7 Å². The third-order valence-corrected chi connectivity index (χ3v) is 4.06. The van der Waals surface area contributed by atoms with Gasteiger partial charge >= 0.3 is 0 Å². The molecule has 1 amide bonds. The van der Waals surface area contributed by atoms with Crippen LogP contribution >= 0.6 is 0 Å². The smallest absolute Gasteiger partial charge is 0.231 e. The fourth-order valence-electron chi connectivity index (χ4n) is 3.11. The summed E-state index contributed by atoms with van der Waals surface area (Å²) in [7, 11) is 2.20. The number of carbonyl (C=O) groups excluding carboxylic acids is 1. The molecule has 0 radical (unpaired) electrons. The molecule has 2 fully saturated rings. The van der Waals surface area contributed by atoms with E-state index in [0.717, 1.165) is 25.9 Å². The Kier molecular flexibility index (Phi) is 4.97. The Labute approximate surface area is 110 Å². The predicted molar refractivity (Wildman–Crippen MR) is 72.3 cm³/mol. The highest BCUT2D eigenvalue weighted by molar-refractivity contribution is 5.75. The van der Waals surface area contributed by atoms with Crippen molar-refractivity contribution in [2.75, 3.05) is 39.8 Å². The molecule has 3 N–H and O–H groups in total. The minimum Gasteiger partial charge on any atom is -0.369 e. The van der Waals surface area contributed by atoms with Gasteiger partial charge in [-0.3, -0.25) is 9.69 Å². The molecule has 0 aromatic rings. The number of primary amides is 1. The molecule has 0 saturated carbocycles. The van der Waals surface area contributed by atoms with Crippen LogP contribution in [0.2, 0.25) is 0 Å². The van der Waals surface area contributed by atoms with Gasteiger partial charge in [0.2, 0.25) is 5.91 Å². The number of rotatable bonds is 4. The summed E-state index contributed by atoms with van der Waals surface area (Å²) in [5.74, 6) is -0.213. The lowest BCUT2D eigenvalue weighted by Crippen LogP contribution is -2.51. The summed E-state index contributed by atoms with van der Waals surface area (Å²) in [6.45, 7) is 4.79. The lowest BCUT2D eigenvalue weighted by molar-refractivity contribution is -0.119. The van der Waals surface area contributed by atoms with Crippen LogP contribution in [-0.2, 0) is 4.79 Å². The Morgan fingerprint density at radius 2 is 1.94 bits per heavy atom. The van der Waals surface area contributed by atoms with E-state index < -0.39 is 0 Å². The largest absolute Gasteiger partial charge is 0.369 e. The molecule has 2 heterocycles. The van der Waals surface area contributed by atoms with Gasteiger partial charge in [0.15, 0.2) is 0 Å². The summed E-state index contributed by atoms with van der Waals surface area (Å²) >= 11 is 0. The van der Waals surface area contributed by atoms with E-state index in [-0.39, 0.29) is 5.91 Å². The highest BCUT2D eigenvalue weighted by atomic mass is 16.1. The zero-order valence-electron chi connectivity index (χ0n) is 11.4. The van der Waals surface area contributed by atoms with Crippen molar-refractivity contribution < 1.29 is 4.79 Å². The van der Waals surface area contributed by atoms with E-state index in [1.165, 1.54) is 25.9 Å². The van der Waals surface area contributed by atoms with Crippen molar-refractivity contribution in [2.45, 2.75) is 37.8 Å². The monoisotopic (exact) mass is 254 g/mol. The van der Waals surface area contributed by atoms with Gasteiger partial charge in [-0.05, 0) is 39.3 Å². The number of hydrogen-bond acceptors (Lipinski definition) is 4. The summed E-state index contributed by atoms with van der Waals surface area (Å²) in [4.78, 5) is 15.4. The Bertz CT molecular complexity index is 276. The first-order valence-electron chi connectivity index (χ1n) is 7.09. The molecule has 0 aromatic carbocycles. The standard InChI is InChI=1S/C13H26N4O/c1-16-6-2-3-12(9-16)15-11-4-7-17(8-5-11)10-13(14)18/h11-12,15H,2-10H2,1H3,(H2,14,18). The van der Waals surface area contributed by atoms with E-state index in [4.69, 9.17) is 5.73 Å². The predicted octanol–water partition coefficient (Wildman–Crippen LogP) is -0.380. The number of hydrogen-bond donors (Lipinski definition) is 2. The van der Waals surface area contributed by atoms with E-state index in [0.29, 0.717) is 18.6 Å². The van der Waals surface area contributed by atoms with Crippen LogP contribution in [-0.4, -0.2) is 67.6 Å². The molecule has 0 spiro atoms. The maximum Gasteiger partial charge on any atom is 0.231 e. The minimum absolute atomic E-state index is 0.213. The van der Waals surface area contributed by atoms with Crippen molar-refractivity contribution in [2.24, 2.45) is 5.73 Å². The van der Waals surface area contributed by atoms with E-state index in [1.807, 2.05) is 0 Å². The molecule has 1 atom stereocenters. The van der Waals surface area contributed by atoms with Gasteiger partial charge in [0.05, 0.1) is 6.54 Å². The van der Waals surface area contributed by atoms with Crippen LogP contribution in [0.4, 0.5) is 0 Å². The van der Waals surface area contributed by atoms with Gasteiger partial charge in [-0.1, -0.05) is 0 Å². The van der Waals surface area contributed by atoms with Crippen molar-refractivity contribution in [3.05, 3.63) is 0 Å². The van der Waals surface area contributed by atoms with Crippen LogP contribution in [0.15, 0.2) is 0 Å². The number of piperidine rings is 2. The molecule has 2 aliphatic rings. The Balaban J connectivity index is 1.68. The van der Waals surface area contributed by atoms with Crippen molar-refractivity contribution in [1.29, 1.82) is 0 Å². The number of carbonyl (C=O) groups is 1. The Hall–Kier alpha value is -0.650. The van der Waals surface area contributed by atoms with Crippen LogP contribution in [0.5, 0.6) is 0 Å². The molecule has 18 heavy (non-hydrogen) atoms. The van der Waals surface area contributed by atoms with Gasteiger partial charge in [0.1, 0.15) is 0 Å². The SMILES string of the molecule is CN1CCCC(NC2CCN(CC(N)=O)CC2)C1. The molecular formula is C13H26N4O. The number of nitrogens with two attached hydrogens (primary N) is 1. The average molecular weight is 254 g/mol. The topological polar surface area (TPSA) is 61.6 Å². The molecule has 1 unspecified atom stereocenters. The van der Waals surface area contributed by atoms with E-state index in [2.05, 4.69) is 22.2 Å². The molecule has 0 aliphatic carbocycles. The Morgan fingerprint density at radius 1 is 1.22 bits per heavy atom. The van der Waals surface area contributed by atoms with Crippen LogP contribution in [0, 0.1) is 0 Å². The summed E-state index contributed by atoms with van der Waals surface area (Å²) in [5, 5.41) is 3.78. The summed E-state index contributed by atoms with van der Waals surface area (Å²) in [6, 6.07) is 1.27. The van der Waals surface area contributed by atoms with Crippen LogP contribution < -0.4 is 11.1 Å². The van der Waals surface area contributed by atoms with Gasteiger partial charge < -0.3 is 16.0 Å². The molecule has 0 bridgehead atoms. The van der Waals surface area contributed by atoms with Gasteiger partial charge in [0.25, 0.3) is 0 Å². The summed E-state index contributed by atoms with van der Waals surface area (Å²) < 4.78 is 0. The fourth-order valence-corrected chi connectivity index (χ4v) is 3.11. The van der Waals surface area contributed by atoms with Gasteiger partial charge in [-0.15, -0.1) is 0 Å². The van der Waals surface area contributed by atoms with Crippen molar-refractivity contribution in [3.63, 3.8) is 0 Å². The highest BCUT2D eigenvalue weighted by Gasteiger charge is 2.24. The lowest BCUT2D eigenvalue weighted by Gasteiger charge is -2.37. The van der Waals surface area contributed by atoms with E-state index >= 15 is 0 Å². The Morgan fingerprint density at radius 3 is 2.56 bits per heavy atom. The highest BCUT2D eigenvalue weighted by Crippen LogP contribution is 2.14. The normalized spacial score (nSPS) is 28.4. The maximum atomic E-state index is 10.9. The van der Waals surface area contributed by atoms with Crippen molar-refractivity contribution in [3.8, 4) is 0 Å². The molecule has 5 heteroatoms. The molecule has 2 rings (SSSR count). The lowest BCUT2D eigenvalue weighted by atomic mass is 10.0.